The van der Waals surface area contributed by atoms with Crippen molar-refractivity contribution in [3.8, 4) is 0 Å². The second kappa shape index (κ2) is 8.69. The van der Waals surface area contributed by atoms with Crippen LogP contribution in [-0.4, -0.2) is 72.8 Å². The third kappa shape index (κ3) is 4.54. The normalized spacial score (nSPS) is 24.3. The average molecular weight is 363 g/mol. The van der Waals surface area contributed by atoms with E-state index in [4.69, 9.17) is 4.74 Å². The third-order valence-electron chi connectivity index (χ3n) is 4.58. The second-order valence-electron chi connectivity index (χ2n) is 6.28. The SMILES string of the molecule is CC(=O)N1C(C(=O)NCCN2CCOCC2)CSC1c1ccccc1. The van der Waals surface area contributed by atoms with Gasteiger partial charge in [0.15, 0.2) is 0 Å². The molecule has 7 heteroatoms. The summed E-state index contributed by atoms with van der Waals surface area (Å²) < 4.78 is 5.33. The number of carbonyl (C=O) groups excluding carboxylic acids is 2. The number of amides is 2. The van der Waals surface area contributed by atoms with Gasteiger partial charge < -0.3 is 15.0 Å². The highest BCUT2D eigenvalue weighted by atomic mass is 32.2. The van der Waals surface area contributed by atoms with E-state index in [-0.39, 0.29) is 17.2 Å². The fraction of sp³-hybridized carbons (Fsp3) is 0.556. The van der Waals surface area contributed by atoms with E-state index in [1.165, 1.54) is 6.92 Å². The Hall–Kier alpha value is -1.57. The van der Waals surface area contributed by atoms with Gasteiger partial charge in [0.05, 0.1) is 13.2 Å². The molecule has 0 saturated carbocycles. The Balaban J connectivity index is 1.57. The van der Waals surface area contributed by atoms with Crippen LogP contribution in [0.5, 0.6) is 0 Å². The summed E-state index contributed by atoms with van der Waals surface area (Å²) in [6.45, 7) is 6.28. The Kier molecular flexibility index (Phi) is 6.34. The van der Waals surface area contributed by atoms with E-state index < -0.39 is 6.04 Å². The molecule has 2 aliphatic rings. The molecule has 2 aliphatic heterocycles. The summed E-state index contributed by atoms with van der Waals surface area (Å²) in [6.07, 6.45) is 0. The highest BCUT2D eigenvalue weighted by Crippen LogP contribution is 2.41. The summed E-state index contributed by atoms with van der Waals surface area (Å²) in [5.74, 6) is 0.504. The molecule has 6 nitrogen and oxygen atoms in total. The van der Waals surface area contributed by atoms with E-state index in [1.54, 1.807) is 16.7 Å². The Morgan fingerprint density at radius 1 is 1.24 bits per heavy atom. The molecule has 136 valence electrons. The van der Waals surface area contributed by atoms with Gasteiger partial charge in [-0.1, -0.05) is 30.3 Å². The zero-order chi connectivity index (χ0) is 17.6. The number of rotatable bonds is 5. The zero-order valence-electron chi connectivity index (χ0n) is 14.5. The fourth-order valence-corrected chi connectivity index (χ4v) is 4.73. The molecule has 3 rings (SSSR count). The van der Waals surface area contributed by atoms with Gasteiger partial charge in [0.2, 0.25) is 11.8 Å². The first-order chi connectivity index (χ1) is 12.2. The van der Waals surface area contributed by atoms with Gasteiger partial charge >= 0.3 is 0 Å². The van der Waals surface area contributed by atoms with Crippen molar-refractivity contribution in [2.75, 3.05) is 45.1 Å². The first-order valence-corrected chi connectivity index (χ1v) is 9.75. The molecule has 2 saturated heterocycles. The molecule has 2 heterocycles. The number of carbonyl (C=O) groups is 2. The first-order valence-electron chi connectivity index (χ1n) is 8.70. The Labute approximate surface area is 152 Å². The lowest BCUT2D eigenvalue weighted by Gasteiger charge is -2.29. The van der Waals surface area contributed by atoms with E-state index in [0.717, 1.165) is 38.4 Å². The van der Waals surface area contributed by atoms with Gasteiger partial charge in [-0.15, -0.1) is 11.8 Å². The van der Waals surface area contributed by atoms with Crippen LogP contribution in [-0.2, 0) is 14.3 Å². The third-order valence-corrected chi connectivity index (χ3v) is 5.91. The Morgan fingerprint density at radius 2 is 1.96 bits per heavy atom. The van der Waals surface area contributed by atoms with Gasteiger partial charge in [0.1, 0.15) is 11.4 Å². The largest absolute Gasteiger partial charge is 0.379 e. The second-order valence-corrected chi connectivity index (χ2v) is 7.40. The number of ether oxygens (including phenoxy) is 1. The highest BCUT2D eigenvalue weighted by Gasteiger charge is 2.40. The molecule has 25 heavy (non-hydrogen) atoms. The predicted octanol–water partition coefficient (Wildman–Crippen LogP) is 1.10. The number of thioether (sulfide) groups is 1. The minimum atomic E-state index is -0.405. The maximum absolute atomic E-state index is 12.6. The zero-order valence-corrected chi connectivity index (χ0v) is 15.3. The van der Waals surface area contributed by atoms with Crippen molar-refractivity contribution >= 4 is 23.6 Å². The van der Waals surface area contributed by atoms with Gasteiger partial charge in [-0.25, -0.2) is 0 Å². The molecular formula is C18H25N3O3S. The molecule has 0 radical (unpaired) electrons. The summed E-state index contributed by atoms with van der Waals surface area (Å²) in [5.41, 5.74) is 1.06. The van der Waals surface area contributed by atoms with Gasteiger partial charge in [-0.05, 0) is 5.56 Å². The van der Waals surface area contributed by atoms with Crippen molar-refractivity contribution in [3.63, 3.8) is 0 Å². The number of hydrogen-bond donors (Lipinski definition) is 1. The van der Waals surface area contributed by atoms with Gasteiger partial charge in [0, 0.05) is 38.9 Å². The lowest BCUT2D eigenvalue weighted by molar-refractivity contribution is -0.138. The minimum absolute atomic E-state index is 0.0607. The molecule has 0 aliphatic carbocycles. The number of benzene rings is 1. The molecule has 2 unspecified atom stereocenters. The maximum Gasteiger partial charge on any atom is 0.243 e. The van der Waals surface area contributed by atoms with Gasteiger partial charge in [-0.2, -0.15) is 0 Å². The lowest BCUT2D eigenvalue weighted by atomic mass is 10.1. The number of nitrogens with one attached hydrogen (secondary N) is 1. The van der Waals surface area contributed by atoms with E-state index in [2.05, 4.69) is 10.2 Å². The van der Waals surface area contributed by atoms with Crippen LogP contribution in [0.4, 0.5) is 0 Å². The smallest absolute Gasteiger partial charge is 0.243 e. The van der Waals surface area contributed by atoms with Crippen molar-refractivity contribution < 1.29 is 14.3 Å². The topological polar surface area (TPSA) is 61.9 Å². The lowest BCUT2D eigenvalue weighted by Crippen LogP contribution is -2.49. The highest BCUT2D eigenvalue weighted by molar-refractivity contribution is 7.99. The van der Waals surface area contributed by atoms with E-state index in [0.29, 0.717) is 12.3 Å². The molecule has 0 bridgehead atoms. The van der Waals surface area contributed by atoms with Crippen molar-refractivity contribution in [2.45, 2.75) is 18.3 Å². The molecule has 2 fully saturated rings. The molecule has 2 atom stereocenters. The van der Waals surface area contributed by atoms with Crippen LogP contribution in [0, 0.1) is 0 Å². The molecule has 1 N–H and O–H groups in total. The van der Waals surface area contributed by atoms with Crippen LogP contribution >= 0.6 is 11.8 Å². The molecule has 0 aromatic heterocycles. The van der Waals surface area contributed by atoms with Crippen LogP contribution in [0.1, 0.15) is 17.9 Å². The predicted molar refractivity (Wildman–Crippen MR) is 98.2 cm³/mol. The maximum atomic E-state index is 12.6. The number of morpholine rings is 1. The summed E-state index contributed by atoms with van der Waals surface area (Å²) in [7, 11) is 0. The van der Waals surface area contributed by atoms with Crippen molar-refractivity contribution in [2.24, 2.45) is 0 Å². The van der Waals surface area contributed by atoms with Crippen LogP contribution in [0.3, 0.4) is 0 Å². The summed E-state index contributed by atoms with van der Waals surface area (Å²) in [5, 5.41) is 2.91. The minimum Gasteiger partial charge on any atom is -0.379 e. The molecule has 2 amide bonds. The van der Waals surface area contributed by atoms with Crippen LogP contribution in [0.25, 0.3) is 0 Å². The number of hydrogen-bond acceptors (Lipinski definition) is 5. The summed E-state index contributed by atoms with van der Waals surface area (Å²) in [6, 6.07) is 9.49. The Morgan fingerprint density at radius 3 is 2.64 bits per heavy atom. The number of nitrogens with zero attached hydrogens (tertiary/aromatic N) is 2. The molecule has 0 spiro atoms. The standard InChI is InChI=1S/C18H25N3O3S/c1-14(22)21-16(13-25-18(21)15-5-3-2-4-6-15)17(23)19-7-8-20-9-11-24-12-10-20/h2-6,16,18H,7-13H2,1H3,(H,19,23). The van der Waals surface area contributed by atoms with E-state index in [1.807, 2.05) is 30.3 Å². The van der Waals surface area contributed by atoms with Crippen LogP contribution in [0.2, 0.25) is 0 Å². The van der Waals surface area contributed by atoms with Crippen LogP contribution in [0.15, 0.2) is 30.3 Å². The van der Waals surface area contributed by atoms with Gasteiger partial charge in [-0.3, -0.25) is 14.5 Å². The molecule has 1 aromatic carbocycles. The summed E-state index contributed by atoms with van der Waals surface area (Å²) >= 11 is 1.65. The fourth-order valence-electron chi connectivity index (χ4n) is 3.25. The molecular weight excluding hydrogens is 338 g/mol. The van der Waals surface area contributed by atoms with Crippen molar-refractivity contribution in [1.82, 2.24) is 15.1 Å². The summed E-state index contributed by atoms with van der Waals surface area (Å²) in [4.78, 5) is 28.8. The van der Waals surface area contributed by atoms with Crippen LogP contribution < -0.4 is 5.32 Å². The molecule has 1 aromatic rings. The first kappa shape index (κ1) is 18.2. The van der Waals surface area contributed by atoms with Crippen molar-refractivity contribution in [1.29, 1.82) is 0 Å². The van der Waals surface area contributed by atoms with Gasteiger partial charge in [0.25, 0.3) is 0 Å². The monoisotopic (exact) mass is 363 g/mol. The Bertz CT molecular complexity index is 592. The quantitative estimate of drug-likeness (QED) is 0.849. The van der Waals surface area contributed by atoms with E-state index in [9.17, 15) is 9.59 Å². The van der Waals surface area contributed by atoms with E-state index >= 15 is 0 Å². The van der Waals surface area contributed by atoms with Crippen molar-refractivity contribution in [3.05, 3.63) is 35.9 Å². The average Bonchev–Trinajstić information content (AvgIpc) is 3.09.